The summed E-state index contributed by atoms with van der Waals surface area (Å²) >= 11 is 91.7. The monoisotopic (exact) mass is 706 g/mol. The third-order valence-electron chi connectivity index (χ3n) is 5.13. The van der Waals surface area contributed by atoms with E-state index in [1.807, 2.05) is 0 Å². The number of fused-ring (bicyclic) bond motifs is 2. The van der Waals surface area contributed by atoms with Crippen molar-refractivity contribution >= 4 is 172 Å². The van der Waals surface area contributed by atoms with E-state index in [9.17, 15) is 0 Å². The van der Waals surface area contributed by atoms with Crippen LogP contribution in [0.15, 0.2) is 10.1 Å². The quantitative estimate of drug-likeness (QED) is 0.157. The molecular weight excluding hydrogens is 713 g/mol. The molecular formula is C18Cl14. The number of hydrogen-bond acceptors (Lipinski definition) is 0. The summed E-state index contributed by atoms with van der Waals surface area (Å²) in [4.78, 5) is -4.05. The van der Waals surface area contributed by atoms with Crippen molar-refractivity contribution in [2.45, 2.75) is 9.75 Å². The molecule has 0 spiro atoms. The predicted molar refractivity (Wildman–Crippen MR) is 145 cm³/mol. The highest BCUT2D eigenvalue weighted by atomic mass is 35.5. The minimum Gasteiger partial charge on any atom is -0.105 e. The molecule has 0 fully saturated rings. The van der Waals surface area contributed by atoms with Crippen LogP contribution in [0.5, 0.6) is 0 Å². The largest absolute Gasteiger partial charge is 0.137 e. The second-order valence-electron chi connectivity index (χ2n) is 6.58. The summed E-state index contributed by atoms with van der Waals surface area (Å²) < 4.78 is 0. The van der Waals surface area contributed by atoms with Crippen LogP contribution in [0.3, 0.4) is 0 Å². The first-order chi connectivity index (χ1) is 14.7. The Bertz CT molecular complexity index is 1220. The highest BCUT2D eigenvalue weighted by Crippen LogP contribution is 2.73. The lowest BCUT2D eigenvalue weighted by molar-refractivity contribution is 0.597. The maximum absolute atomic E-state index is 7.19. The first-order valence-electron chi connectivity index (χ1n) is 7.90. The standard InChI is InChI=1S/C18Cl14/c19-5-1-3(9(23)13(27)11(5)25)17(31,15(29)7(1)21)18(32)4-2(8(22)16(18)30)6(20)12(26)14(28)10(4)24. The van der Waals surface area contributed by atoms with Gasteiger partial charge in [-0.15, -0.1) is 23.2 Å². The van der Waals surface area contributed by atoms with Crippen molar-refractivity contribution in [1.29, 1.82) is 0 Å². The fourth-order valence-electron chi connectivity index (χ4n) is 3.71. The Morgan fingerprint density at radius 1 is 0.344 bits per heavy atom. The van der Waals surface area contributed by atoms with E-state index in [-0.39, 0.29) is 82.6 Å². The molecule has 32 heavy (non-hydrogen) atoms. The highest BCUT2D eigenvalue weighted by molar-refractivity contribution is 6.66. The Kier molecular flexibility index (Phi) is 7.42. The Labute approximate surface area is 252 Å². The first-order valence-corrected chi connectivity index (χ1v) is 13.2. The van der Waals surface area contributed by atoms with E-state index in [4.69, 9.17) is 162 Å². The number of hydrogen-bond donors (Lipinski definition) is 0. The lowest BCUT2D eigenvalue weighted by Gasteiger charge is -2.40. The van der Waals surface area contributed by atoms with E-state index in [1.54, 1.807) is 0 Å². The predicted octanol–water partition coefficient (Wildman–Crippen LogP) is 12.8. The molecule has 2 aliphatic carbocycles. The van der Waals surface area contributed by atoms with Crippen LogP contribution >= 0.6 is 162 Å². The SMILES string of the molecule is ClC1=C(Cl)C(Cl)(C2(Cl)C(Cl)=C(Cl)c3c(Cl)c(Cl)c(Cl)c(Cl)c32)c2c(Cl)c(Cl)c(Cl)c(Cl)c21. The van der Waals surface area contributed by atoms with Crippen LogP contribution < -0.4 is 0 Å². The molecule has 0 aromatic heterocycles. The van der Waals surface area contributed by atoms with Crippen molar-refractivity contribution in [2.75, 3.05) is 0 Å². The van der Waals surface area contributed by atoms with Gasteiger partial charge in [-0.1, -0.05) is 139 Å². The fraction of sp³-hybridized carbons (Fsp3) is 0.111. The number of allylic oxidation sites excluding steroid dienone is 2. The van der Waals surface area contributed by atoms with Gasteiger partial charge in [0.1, 0.15) is 9.75 Å². The molecule has 0 N–H and O–H groups in total. The van der Waals surface area contributed by atoms with Crippen molar-refractivity contribution in [2.24, 2.45) is 0 Å². The maximum Gasteiger partial charge on any atom is 0.137 e. The molecule has 0 bridgehead atoms. The Hall–Kier alpha value is 1.98. The van der Waals surface area contributed by atoms with E-state index >= 15 is 0 Å². The van der Waals surface area contributed by atoms with Crippen molar-refractivity contribution < 1.29 is 0 Å². The van der Waals surface area contributed by atoms with E-state index in [2.05, 4.69) is 0 Å². The third kappa shape index (κ3) is 3.13. The summed E-state index contributed by atoms with van der Waals surface area (Å²) in [6.07, 6.45) is 0. The molecule has 2 aromatic rings. The topological polar surface area (TPSA) is 0 Å². The minimum atomic E-state index is -2.02. The molecule has 0 amide bonds. The van der Waals surface area contributed by atoms with Gasteiger partial charge in [0, 0.05) is 22.3 Å². The zero-order valence-electron chi connectivity index (χ0n) is 14.3. The van der Waals surface area contributed by atoms with Crippen LogP contribution in [0, 0.1) is 0 Å². The number of benzene rings is 2. The average molecular weight is 713 g/mol. The van der Waals surface area contributed by atoms with E-state index in [0.717, 1.165) is 0 Å². The van der Waals surface area contributed by atoms with E-state index < -0.39 is 9.75 Å². The average Bonchev–Trinajstić information content (AvgIpc) is 3.10. The molecule has 14 heteroatoms. The molecule has 0 saturated heterocycles. The molecule has 0 nitrogen and oxygen atoms in total. The van der Waals surface area contributed by atoms with E-state index in [1.165, 1.54) is 0 Å². The lowest BCUT2D eigenvalue weighted by atomic mass is 9.81. The van der Waals surface area contributed by atoms with Gasteiger partial charge in [-0.2, -0.15) is 0 Å². The Morgan fingerprint density at radius 2 is 0.594 bits per heavy atom. The summed E-state index contributed by atoms with van der Waals surface area (Å²) in [5, 5.41) is -1.23. The summed E-state index contributed by atoms with van der Waals surface area (Å²) in [6.45, 7) is 0. The third-order valence-corrected chi connectivity index (χ3v) is 12.2. The number of rotatable bonds is 1. The van der Waals surface area contributed by atoms with Gasteiger partial charge >= 0.3 is 0 Å². The van der Waals surface area contributed by atoms with Crippen molar-refractivity contribution in [3.63, 3.8) is 0 Å². The molecule has 2 unspecified atom stereocenters. The second-order valence-corrected chi connectivity index (χ2v) is 12.3. The molecule has 0 radical (unpaired) electrons. The van der Waals surface area contributed by atoms with Crippen molar-refractivity contribution in [3.8, 4) is 0 Å². The van der Waals surface area contributed by atoms with E-state index in [0.29, 0.717) is 0 Å². The van der Waals surface area contributed by atoms with Gasteiger partial charge in [-0.25, -0.2) is 0 Å². The summed E-state index contributed by atoms with van der Waals surface area (Å²) in [5.41, 5.74) is 0.311. The van der Waals surface area contributed by atoms with Gasteiger partial charge in [-0.05, 0) is 0 Å². The molecule has 0 saturated carbocycles. The highest BCUT2D eigenvalue weighted by Gasteiger charge is 2.66. The summed E-state index contributed by atoms with van der Waals surface area (Å²) in [5.74, 6) is 0. The van der Waals surface area contributed by atoms with Gasteiger partial charge in [0.25, 0.3) is 0 Å². The Balaban J connectivity index is 2.24. The van der Waals surface area contributed by atoms with Crippen LogP contribution in [-0.4, -0.2) is 0 Å². The van der Waals surface area contributed by atoms with Crippen molar-refractivity contribution in [3.05, 3.63) is 72.5 Å². The zero-order valence-corrected chi connectivity index (χ0v) is 24.9. The number of alkyl halides is 2. The maximum atomic E-state index is 7.19. The fourth-order valence-corrected chi connectivity index (χ4v) is 8.54. The van der Waals surface area contributed by atoms with Gasteiger partial charge in [0.05, 0.1) is 60.3 Å². The van der Waals surface area contributed by atoms with Crippen LogP contribution in [0.25, 0.3) is 10.1 Å². The lowest BCUT2D eigenvalue weighted by Crippen LogP contribution is -2.40. The van der Waals surface area contributed by atoms with Crippen LogP contribution in [0.4, 0.5) is 0 Å². The van der Waals surface area contributed by atoms with Gasteiger partial charge in [0.15, 0.2) is 0 Å². The molecule has 2 atom stereocenters. The minimum absolute atomic E-state index is 0.0407. The normalized spacial score (nSPS) is 24.6. The molecule has 2 aromatic carbocycles. The Morgan fingerprint density at radius 3 is 0.875 bits per heavy atom. The molecule has 0 heterocycles. The molecule has 4 rings (SSSR count). The van der Waals surface area contributed by atoms with Gasteiger partial charge in [0.2, 0.25) is 0 Å². The second kappa shape index (κ2) is 8.78. The van der Waals surface area contributed by atoms with Crippen molar-refractivity contribution in [1.82, 2.24) is 0 Å². The number of halogens is 14. The molecule has 2 aliphatic rings. The van der Waals surface area contributed by atoms with Gasteiger partial charge in [-0.3, -0.25) is 0 Å². The van der Waals surface area contributed by atoms with Gasteiger partial charge < -0.3 is 0 Å². The first kappa shape index (κ1) is 27.0. The smallest absolute Gasteiger partial charge is 0.105 e. The van der Waals surface area contributed by atoms with Crippen LogP contribution in [0.2, 0.25) is 40.2 Å². The summed E-state index contributed by atoms with van der Waals surface area (Å²) in [7, 11) is 0. The zero-order chi connectivity index (χ0) is 24.2. The molecule has 0 aliphatic heterocycles. The van der Waals surface area contributed by atoms with Crippen LogP contribution in [-0.2, 0) is 9.75 Å². The summed E-state index contributed by atoms with van der Waals surface area (Å²) in [6, 6.07) is 0. The molecule has 170 valence electrons. The van der Waals surface area contributed by atoms with Crippen LogP contribution in [0.1, 0.15) is 22.3 Å².